The van der Waals surface area contributed by atoms with E-state index in [2.05, 4.69) is 17.4 Å². The highest BCUT2D eigenvalue weighted by Gasteiger charge is 2.21. The molecule has 1 rings (SSSR count). The normalized spacial score (nSPS) is 11.1. The summed E-state index contributed by atoms with van der Waals surface area (Å²) >= 11 is 0. The molecule has 0 spiro atoms. The molecule has 0 saturated heterocycles. The van der Waals surface area contributed by atoms with E-state index in [9.17, 15) is 9.59 Å². The third-order valence-electron chi connectivity index (χ3n) is 2.84. The summed E-state index contributed by atoms with van der Waals surface area (Å²) in [4.78, 5) is 22.0. The lowest BCUT2D eigenvalue weighted by atomic mass is 9.84. The average molecular weight is 233 g/mol. The Bertz CT molecular complexity index is 418. The van der Waals surface area contributed by atoms with Crippen molar-refractivity contribution in [2.24, 2.45) is 0 Å². The van der Waals surface area contributed by atoms with Crippen LogP contribution in [0, 0.1) is 6.92 Å². The molecule has 3 nitrogen and oxygen atoms in total. The van der Waals surface area contributed by atoms with Gasteiger partial charge in [0.15, 0.2) is 0 Å². The summed E-state index contributed by atoms with van der Waals surface area (Å²) in [6, 6.07) is 8.19. The van der Waals surface area contributed by atoms with Crippen molar-refractivity contribution < 1.29 is 9.59 Å². The SMILES string of the molecule is CC(=O)C(=O)NCC(C)(C)c1ccc(C)cc1. The Kier molecular flexibility index (Phi) is 4.05. The summed E-state index contributed by atoms with van der Waals surface area (Å²) in [5.74, 6) is -0.977. The zero-order valence-electron chi connectivity index (χ0n) is 10.8. The van der Waals surface area contributed by atoms with E-state index >= 15 is 0 Å². The fourth-order valence-electron chi connectivity index (χ4n) is 1.53. The van der Waals surface area contributed by atoms with Gasteiger partial charge in [0.25, 0.3) is 5.91 Å². The van der Waals surface area contributed by atoms with Crippen molar-refractivity contribution in [1.82, 2.24) is 5.32 Å². The van der Waals surface area contributed by atoms with Crippen molar-refractivity contribution >= 4 is 11.7 Å². The summed E-state index contributed by atoms with van der Waals surface area (Å²) in [7, 11) is 0. The fraction of sp³-hybridized carbons (Fsp3) is 0.429. The second kappa shape index (κ2) is 5.13. The van der Waals surface area contributed by atoms with Crippen molar-refractivity contribution in [3.63, 3.8) is 0 Å². The van der Waals surface area contributed by atoms with Crippen LogP contribution in [0.15, 0.2) is 24.3 Å². The van der Waals surface area contributed by atoms with Gasteiger partial charge in [-0.1, -0.05) is 43.7 Å². The molecular formula is C14H19NO2. The summed E-state index contributed by atoms with van der Waals surface area (Å²) in [6.07, 6.45) is 0. The number of Topliss-reactive ketones (excluding diaryl/α,β-unsaturated/α-hetero) is 1. The second-order valence-corrected chi connectivity index (χ2v) is 4.99. The van der Waals surface area contributed by atoms with Gasteiger partial charge in [-0.3, -0.25) is 9.59 Å². The molecule has 0 aliphatic heterocycles. The number of carbonyl (C=O) groups excluding carboxylic acids is 2. The Labute approximate surface area is 102 Å². The van der Waals surface area contributed by atoms with E-state index in [4.69, 9.17) is 0 Å². The van der Waals surface area contributed by atoms with Crippen LogP contribution in [0.2, 0.25) is 0 Å². The number of rotatable bonds is 4. The van der Waals surface area contributed by atoms with Crippen LogP contribution in [0.25, 0.3) is 0 Å². The number of ketones is 1. The lowest BCUT2D eigenvalue weighted by molar-refractivity contribution is -0.136. The molecule has 1 aromatic rings. The maximum atomic E-state index is 11.2. The zero-order valence-corrected chi connectivity index (χ0v) is 10.8. The molecule has 3 heteroatoms. The standard InChI is InChI=1S/C14H19NO2/c1-10-5-7-12(8-6-10)14(3,4)9-15-13(17)11(2)16/h5-8H,9H2,1-4H3,(H,15,17). The monoisotopic (exact) mass is 233 g/mol. The third kappa shape index (κ3) is 3.70. The van der Waals surface area contributed by atoms with E-state index in [1.165, 1.54) is 12.5 Å². The lowest BCUT2D eigenvalue weighted by Crippen LogP contribution is -2.39. The molecule has 92 valence electrons. The molecule has 1 N–H and O–H groups in total. The van der Waals surface area contributed by atoms with Gasteiger partial charge >= 0.3 is 0 Å². The van der Waals surface area contributed by atoms with E-state index in [1.54, 1.807) is 0 Å². The number of carbonyl (C=O) groups is 2. The van der Waals surface area contributed by atoms with Crippen molar-refractivity contribution in [2.45, 2.75) is 33.1 Å². The maximum Gasteiger partial charge on any atom is 0.287 e. The number of aryl methyl sites for hydroxylation is 1. The first-order chi connectivity index (χ1) is 7.83. The van der Waals surface area contributed by atoms with Gasteiger partial charge in [0, 0.05) is 18.9 Å². The minimum absolute atomic E-state index is 0.182. The first-order valence-electron chi connectivity index (χ1n) is 5.69. The van der Waals surface area contributed by atoms with Crippen LogP contribution in [-0.4, -0.2) is 18.2 Å². The van der Waals surface area contributed by atoms with E-state index in [0.717, 1.165) is 5.56 Å². The highest BCUT2D eigenvalue weighted by Crippen LogP contribution is 2.22. The fourth-order valence-corrected chi connectivity index (χ4v) is 1.53. The van der Waals surface area contributed by atoms with Crippen molar-refractivity contribution in [2.75, 3.05) is 6.54 Å². The van der Waals surface area contributed by atoms with Gasteiger partial charge in [0.05, 0.1) is 0 Å². The minimum Gasteiger partial charge on any atom is -0.349 e. The van der Waals surface area contributed by atoms with Crippen LogP contribution < -0.4 is 5.32 Å². The quantitative estimate of drug-likeness (QED) is 0.808. The van der Waals surface area contributed by atoms with Crippen LogP contribution in [0.1, 0.15) is 31.9 Å². The first-order valence-corrected chi connectivity index (χ1v) is 5.69. The molecule has 0 aromatic heterocycles. The second-order valence-electron chi connectivity index (χ2n) is 4.99. The van der Waals surface area contributed by atoms with E-state index in [1.807, 2.05) is 32.9 Å². The van der Waals surface area contributed by atoms with Gasteiger partial charge in [-0.25, -0.2) is 0 Å². The molecule has 0 saturated carbocycles. The molecule has 0 atom stereocenters. The van der Waals surface area contributed by atoms with Gasteiger partial charge in [-0.05, 0) is 12.5 Å². The van der Waals surface area contributed by atoms with Crippen LogP contribution in [0.5, 0.6) is 0 Å². The molecule has 1 amide bonds. The third-order valence-corrected chi connectivity index (χ3v) is 2.84. The van der Waals surface area contributed by atoms with Gasteiger partial charge < -0.3 is 5.32 Å². The minimum atomic E-state index is -0.523. The Morgan fingerprint density at radius 3 is 2.18 bits per heavy atom. The van der Waals surface area contributed by atoms with Gasteiger partial charge in [0.1, 0.15) is 0 Å². The number of hydrogen-bond acceptors (Lipinski definition) is 2. The number of hydrogen-bond donors (Lipinski definition) is 1. The highest BCUT2D eigenvalue weighted by molar-refractivity contribution is 6.35. The van der Waals surface area contributed by atoms with Crippen LogP contribution in [0.3, 0.4) is 0 Å². The Balaban J connectivity index is 2.71. The Morgan fingerprint density at radius 1 is 1.18 bits per heavy atom. The molecule has 0 aliphatic carbocycles. The Morgan fingerprint density at radius 2 is 1.71 bits per heavy atom. The molecule has 0 fully saturated rings. The largest absolute Gasteiger partial charge is 0.349 e. The predicted molar refractivity (Wildman–Crippen MR) is 67.9 cm³/mol. The smallest absolute Gasteiger partial charge is 0.287 e. The molecule has 17 heavy (non-hydrogen) atoms. The zero-order chi connectivity index (χ0) is 13.1. The highest BCUT2D eigenvalue weighted by atomic mass is 16.2. The summed E-state index contributed by atoms with van der Waals surface area (Å²) in [5, 5.41) is 2.65. The maximum absolute atomic E-state index is 11.2. The Hall–Kier alpha value is -1.64. The molecule has 0 heterocycles. The first kappa shape index (κ1) is 13.4. The number of amides is 1. The average Bonchev–Trinajstić information content (AvgIpc) is 2.26. The van der Waals surface area contributed by atoms with Crippen LogP contribution in [-0.2, 0) is 15.0 Å². The van der Waals surface area contributed by atoms with E-state index in [0.29, 0.717) is 6.54 Å². The lowest BCUT2D eigenvalue weighted by Gasteiger charge is -2.25. The molecule has 0 radical (unpaired) electrons. The van der Waals surface area contributed by atoms with Crippen molar-refractivity contribution in [3.05, 3.63) is 35.4 Å². The van der Waals surface area contributed by atoms with Crippen LogP contribution in [0.4, 0.5) is 0 Å². The number of nitrogens with one attached hydrogen (secondary N) is 1. The molecule has 0 bridgehead atoms. The van der Waals surface area contributed by atoms with E-state index in [-0.39, 0.29) is 5.41 Å². The van der Waals surface area contributed by atoms with E-state index < -0.39 is 11.7 Å². The van der Waals surface area contributed by atoms with Crippen molar-refractivity contribution in [1.29, 1.82) is 0 Å². The molecular weight excluding hydrogens is 214 g/mol. The molecule has 1 aromatic carbocycles. The van der Waals surface area contributed by atoms with Gasteiger partial charge in [-0.2, -0.15) is 0 Å². The number of benzene rings is 1. The van der Waals surface area contributed by atoms with Gasteiger partial charge in [-0.15, -0.1) is 0 Å². The van der Waals surface area contributed by atoms with Gasteiger partial charge in [0.2, 0.25) is 5.78 Å². The molecule has 0 unspecified atom stereocenters. The predicted octanol–water partition coefficient (Wildman–Crippen LogP) is 1.98. The summed E-state index contributed by atoms with van der Waals surface area (Å²) in [6.45, 7) is 7.84. The summed E-state index contributed by atoms with van der Waals surface area (Å²) < 4.78 is 0. The van der Waals surface area contributed by atoms with Crippen molar-refractivity contribution in [3.8, 4) is 0 Å². The topological polar surface area (TPSA) is 46.2 Å². The molecule has 0 aliphatic rings. The summed E-state index contributed by atoms with van der Waals surface area (Å²) in [5.41, 5.74) is 2.17. The van der Waals surface area contributed by atoms with Crippen LogP contribution >= 0.6 is 0 Å².